The van der Waals surface area contributed by atoms with Crippen molar-refractivity contribution in [1.82, 2.24) is 10.2 Å². The average Bonchev–Trinajstić information content (AvgIpc) is 3.85. The van der Waals surface area contributed by atoms with Gasteiger partial charge in [0.25, 0.3) is 0 Å². The van der Waals surface area contributed by atoms with Crippen molar-refractivity contribution < 1.29 is 37.0 Å². The van der Waals surface area contributed by atoms with Crippen molar-refractivity contribution in [2.24, 2.45) is 29.1 Å². The highest BCUT2D eigenvalue weighted by atomic mass is 35.5. The second-order valence-corrected chi connectivity index (χ2v) is 17.1. The van der Waals surface area contributed by atoms with Crippen LogP contribution in [0.4, 0.5) is 18.9 Å². The van der Waals surface area contributed by atoms with Crippen molar-refractivity contribution in [2.75, 3.05) is 11.9 Å². The molecule has 8 nitrogen and oxygen atoms in total. The summed E-state index contributed by atoms with van der Waals surface area (Å²) in [6, 6.07) is 14.9. The quantitative estimate of drug-likeness (QED) is 0.125. The molecule has 2 amide bonds. The van der Waals surface area contributed by atoms with Crippen molar-refractivity contribution in [2.45, 2.75) is 98.1 Å². The number of anilines is 1. The predicted molar refractivity (Wildman–Crippen MR) is 212 cm³/mol. The van der Waals surface area contributed by atoms with E-state index in [0.717, 1.165) is 23.3 Å². The molecule has 302 valence electrons. The zero-order valence-corrected chi connectivity index (χ0v) is 33.9. The van der Waals surface area contributed by atoms with Crippen LogP contribution in [-0.2, 0) is 38.3 Å². The van der Waals surface area contributed by atoms with E-state index in [4.69, 9.17) is 21.1 Å². The van der Waals surface area contributed by atoms with Crippen LogP contribution >= 0.6 is 11.6 Å². The number of amides is 2. The first-order valence-electron chi connectivity index (χ1n) is 19.1. The molecule has 1 saturated carbocycles. The third kappa shape index (κ3) is 9.89. The number of nitrogens with one attached hydrogen (secondary N) is 2. The highest BCUT2D eigenvalue weighted by Crippen LogP contribution is 2.46. The van der Waals surface area contributed by atoms with Gasteiger partial charge >= 0.3 is 12.1 Å². The Bertz CT molecular complexity index is 1930. The Morgan fingerprint density at radius 2 is 1.68 bits per heavy atom. The minimum atomic E-state index is -4.58. The Balaban J connectivity index is 1.45. The van der Waals surface area contributed by atoms with Crippen molar-refractivity contribution in [3.05, 3.63) is 101 Å². The number of hydrogen-bond donors (Lipinski definition) is 2. The van der Waals surface area contributed by atoms with Crippen LogP contribution in [0.15, 0.2) is 79.4 Å². The molecule has 5 rings (SSSR count). The maximum absolute atomic E-state index is 14.8. The molecule has 1 fully saturated rings. The Labute approximate surface area is 333 Å². The number of fused-ring (bicyclic) bond motifs is 1. The molecule has 3 aromatic carbocycles. The standard InChI is InChI=1S/C44H53ClF3N3O5/c1-9-31-24-43(31,41(54)55-19-18-27(4)28(5)26(2)3)50-39(52)37-21-30-20-36(56-35-15-11-13-33(45)23-35)17-16-29(30)25-51(37)40(53)38(42(6,7)8)49-34-14-10-12-32(22-34)44(46,47)48/h9-17,20,22-23,26-28,31,37-38,49H,1,18-19,21,24-25H2,2-8H3,(H,50,52). The van der Waals surface area contributed by atoms with Crippen LogP contribution in [0.1, 0.15) is 78.0 Å². The Hall–Kier alpha value is -4.51. The van der Waals surface area contributed by atoms with E-state index in [9.17, 15) is 27.6 Å². The SMILES string of the molecule is C=CC1CC1(NC(=O)C1Cc2cc(Oc3cccc(Cl)c3)ccc2CN1C(=O)C(Nc1cccc(C(F)(F)F)c1)C(C)(C)C)C(=O)OCCC(C)C(C)C(C)C. The van der Waals surface area contributed by atoms with Crippen molar-refractivity contribution in [3.63, 3.8) is 0 Å². The molecule has 0 spiro atoms. The lowest BCUT2D eigenvalue weighted by molar-refractivity contribution is -0.151. The number of carbonyl (C=O) groups is 3. The molecule has 0 saturated heterocycles. The zero-order chi connectivity index (χ0) is 41.2. The third-order valence-electron chi connectivity index (χ3n) is 11.3. The van der Waals surface area contributed by atoms with Gasteiger partial charge in [0, 0.05) is 29.6 Å². The van der Waals surface area contributed by atoms with E-state index in [0.29, 0.717) is 47.1 Å². The van der Waals surface area contributed by atoms with Gasteiger partial charge < -0.3 is 25.0 Å². The van der Waals surface area contributed by atoms with E-state index >= 15 is 0 Å². The lowest BCUT2D eigenvalue weighted by Crippen LogP contribution is -2.60. The summed E-state index contributed by atoms with van der Waals surface area (Å²) in [6.45, 7) is 18.1. The van der Waals surface area contributed by atoms with Crippen molar-refractivity contribution in [1.29, 1.82) is 0 Å². The summed E-state index contributed by atoms with van der Waals surface area (Å²) in [5.41, 5.74) is -1.36. The van der Waals surface area contributed by atoms with Crippen molar-refractivity contribution >= 4 is 35.1 Å². The fourth-order valence-corrected chi connectivity index (χ4v) is 7.39. The highest BCUT2D eigenvalue weighted by molar-refractivity contribution is 6.30. The molecule has 12 heteroatoms. The number of nitrogens with zero attached hydrogens (tertiary/aromatic N) is 1. The van der Waals surface area contributed by atoms with E-state index in [1.807, 2.05) is 12.1 Å². The van der Waals surface area contributed by atoms with Gasteiger partial charge in [-0.2, -0.15) is 13.2 Å². The van der Waals surface area contributed by atoms with E-state index < -0.39 is 52.6 Å². The van der Waals surface area contributed by atoms with E-state index in [1.165, 1.54) is 17.0 Å². The average molecular weight is 796 g/mol. The molecule has 56 heavy (non-hydrogen) atoms. The lowest BCUT2D eigenvalue weighted by Gasteiger charge is -2.41. The number of ether oxygens (including phenoxy) is 2. The van der Waals surface area contributed by atoms with Gasteiger partial charge in [-0.15, -0.1) is 6.58 Å². The number of halogens is 4. The van der Waals surface area contributed by atoms with Crippen LogP contribution in [0.5, 0.6) is 11.5 Å². The van der Waals surface area contributed by atoms with Gasteiger partial charge in [-0.3, -0.25) is 9.59 Å². The third-order valence-corrected chi connectivity index (χ3v) is 11.5. The van der Waals surface area contributed by atoms with E-state index in [1.54, 1.807) is 57.2 Å². The first-order chi connectivity index (χ1) is 26.2. The van der Waals surface area contributed by atoms with Crippen LogP contribution in [-0.4, -0.2) is 46.9 Å². The maximum atomic E-state index is 14.8. The second-order valence-electron chi connectivity index (χ2n) is 16.7. The molecule has 1 heterocycles. The molecule has 2 aliphatic rings. The number of hydrogen-bond acceptors (Lipinski definition) is 6. The first-order valence-corrected chi connectivity index (χ1v) is 19.5. The van der Waals surface area contributed by atoms with Crippen LogP contribution in [0.3, 0.4) is 0 Å². The van der Waals surface area contributed by atoms with Crippen molar-refractivity contribution in [3.8, 4) is 11.5 Å². The summed E-state index contributed by atoms with van der Waals surface area (Å²) in [7, 11) is 0. The van der Waals surface area contributed by atoms with Gasteiger partial charge in [0.2, 0.25) is 11.8 Å². The largest absolute Gasteiger partial charge is 0.464 e. The summed E-state index contributed by atoms with van der Waals surface area (Å²) in [5, 5.41) is 6.53. The van der Waals surface area contributed by atoms with Gasteiger partial charge in [0.1, 0.15) is 29.1 Å². The molecule has 6 unspecified atom stereocenters. The number of rotatable bonds is 14. The predicted octanol–water partition coefficient (Wildman–Crippen LogP) is 9.85. The van der Waals surface area contributed by atoms with Gasteiger partial charge in [-0.25, -0.2) is 4.79 Å². The lowest BCUT2D eigenvalue weighted by atomic mass is 9.84. The number of carbonyl (C=O) groups excluding carboxylic acids is 3. The molecule has 0 bridgehead atoms. The summed E-state index contributed by atoms with van der Waals surface area (Å²) >= 11 is 6.17. The van der Waals surface area contributed by atoms with E-state index in [2.05, 4.69) is 44.9 Å². The molecule has 1 aliphatic heterocycles. The van der Waals surface area contributed by atoms with Crippen LogP contribution in [0.2, 0.25) is 5.02 Å². The second kappa shape index (κ2) is 16.9. The van der Waals surface area contributed by atoms with Crippen LogP contribution in [0.25, 0.3) is 0 Å². The fraction of sp³-hybridized carbons (Fsp3) is 0.477. The highest BCUT2D eigenvalue weighted by Gasteiger charge is 2.62. The number of alkyl halides is 3. The minimum Gasteiger partial charge on any atom is -0.464 e. The molecule has 2 N–H and O–H groups in total. The minimum absolute atomic E-state index is 0.0226. The Kier molecular flexibility index (Phi) is 12.9. The zero-order valence-electron chi connectivity index (χ0n) is 33.1. The maximum Gasteiger partial charge on any atom is 0.416 e. The normalized spacial score (nSPS) is 21.0. The molecule has 1 aliphatic carbocycles. The molecule has 3 aromatic rings. The molecule has 6 atom stereocenters. The summed E-state index contributed by atoms with van der Waals surface area (Å²) in [5.74, 6) is 0.281. The van der Waals surface area contributed by atoms with Gasteiger partial charge in [0.15, 0.2) is 0 Å². The van der Waals surface area contributed by atoms with Gasteiger partial charge in [-0.05, 0) is 95.7 Å². The van der Waals surface area contributed by atoms with Gasteiger partial charge in [-0.1, -0.05) is 84.3 Å². The van der Waals surface area contributed by atoms with Gasteiger partial charge in [0.05, 0.1) is 12.2 Å². The van der Waals surface area contributed by atoms with E-state index in [-0.39, 0.29) is 31.2 Å². The number of benzene rings is 3. The smallest absolute Gasteiger partial charge is 0.416 e. The van der Waals surface area contributed by atoms with Crippen LogP contribution in [0, 0.1) is 29.1 Å². The summed E-state index contributed by atoms with van der Waals surface area (Å²) in [6.07, 6.45) is -1.91. The Morgan fingerprint density at radius 1 is 0.982 bits per heavy atom. The molecule has 0 aromatic heterocycles. The first kappa shape index (κ1) is 42.6. The summed E-state index contributed by atoms with van der Waals surface area (Å²) < 4.78 is 52.8. The molecular formula is C44H53ClF3N3O5. The topological polar surface area (TPSA) is 97.0 Å². The number of esters is 1. The fourth-order valence-electron chi connectivity index (χ4n) is 7.21. The Morgan fingerprint density at radius 3 is 2.30 bits per heavy atom. The summed E-state index contributed by atoms with van der Waals surface area (Å²) in [4.78, 5) is 44.5. The molecular weight excluding hydrogens is 743 g/mol. The molecule has 0 radical (unpaired) electrons. The van der Waals surface area contributed by atoms with Crippen LogP contribution < -0.4 is 15.4 Å². The monoisotopic (exact) mass is 795 g/mol.